The molecule has 2 amide bonds. The van der Waals surface area contributed by atoms with E-state index in [0.29, 0.717) is 30.2 Å². The van der Waals surface area contributed by atoms with Crippen molar-refractivity contribution in [2.45, 2.75) is 19.4 Å². The van der Waals surface area contributed by atoms with E-state index in [2.05, 4.69) is 10.6 Å². The van der Waals surface area contributed by atoms with Crippen molar-refractivity contribution in [1.82, 2.24) is 5.32 Å². The number of hydrogen-bond donors (Lipinski definition) is 2. The lowest BCUT2D eigenvalue weighted by atomic mass is 10.0. The Morgan fingerprint density at radius 1 is 0.967 bits per heavy atom. The Morgan fingerprint density at radius 2 is 1.73 bits per heavy atom. The van der Waals surface area contributed by atoms with E-state index in [1.54, 1.807) is 36.4 Å². The van der Waals surface area contributed by atoms with E-state index < -0.39 is 0 Å². The van der Waals surface area contributed by atoms with Gasteiger partial charge in [-0.3, -0.25) is 9.59 Å². The van der Waals surface area contributed by atoms with Crippen LogP contribution in [0.1, 0.15) is 45.9 Å². The summed E-state index contributed by atoms with van der Waals surface area (Å²) in [5.74, 6) is 1.10. The summed E-state index contributed by atoms with van der Waals surface area (Å²) in [5, 5.41) is 5.78. The predicted octanol–water partition coefficient (Wildman–Crippen LogP) is 4.18. The van der Waals surface area contributed by atoms with Crippen LogP contribution in [0.5, 0.6) is 11.5 Å². The standard InChI is InChI=1S/C23H22N2O5/c1-2-18(16-7-10-19-21(14-16)30-13-12-29-19)25-22(26)15-5-8-17(9-6-15)24-23(27)20-4-3-11-28-20/h3-11,14,18H,2,12-13H2,1H3,(H,24,27)(H,25,26). The zero-order valence-corrected chi connectivity index (χ0v) is 16.5. The van der Waals surface area contributed by atoms with Gasteiger partial charge in [0.1, 0.15) is 13.2 Å². The maximum absolute atomic E-state index is 12.7. The zero-order chi connectivity index (χ0) is 20.9. The number of fused-ring (bicyclic) bond motifs is 1. The number of furan rings is 1. The molecule has 2 heterocycles. The molecule has 7 heteroatoms. The van der Waals surface area contributed by atoms with Gasteiger partial charge in [0.15, 0.2) is 17.3 Å². The molecule has 4 rings (SSSR count). The Kier molecular flexibility index (Phi) is 5.70. The molecule has 1 aliphatic rings. The number of nitrogens with one attached hydrogen (secondary N) is 2. The number of rotatable bonds is 6. The third-order valence-corrected chi connectivity index (χ3v) is 4.83. The van der Waals surface area contributed by atoms with Crippen molar-refractivity contribution >= 4 is 17.5 Å². The van der Waals surface area contributed by atoms with Crippen molar-refractivity contribution in [1.29, 1.82) is 0 Å². The zero-order valence-electron chi connectivity index (χ0n) is 16.5. The number of carbonyl (C=O) groups is 2. The van der Waals surface area contributed by atoms with Gasteiger partial charge in [-0.25, -0.2) is 0 Å². The van der Waals surface area contributed by atoms with Gasteiger partial charge in [0.2, 0.25) is 0 Å². The normalized spacial score (nSPS) is 13.4. The fraction of sp³-hybridized carbons (Fsp3) is 0.217. The predicted molar refractivity (Wildman–Crippen MR) is 111 cm³/mol. The molecular weight excluding hydrogens is 384 g/mol. The SMILES string of the molecule is CCC(NC(=O)c1ccc(NC(=O)c2ccco2)cc1)c1ccc2c(c1)OCCO2. The Labute approximate surface area is 174 Å². The van der Waals surface area contributed by atoms with Gasteiger partial charge in [0, 0.05) is 11.3 Å². The minimum absolute atomic E-state index is 0.161. The molecule has 0 radical (unpaired) electrons. The molecule has 1 atom stereocenters. The number of benzene rings is 2. The fourth-order valence-corrected chi connectivity index (χ4v) is 3.24. The van der Waals surface area contributed by atoms with E-state index in [0.717, 1.165) is 17.7 Å². The Balaban J connectivity index is 1.41. The van der Waals surface area contributed by atoms with Crippen molar-refractivity contribution in [3.8, 4) is 11.5 Å². The van der Waals surface area contributed by atoms with Crippen LogP contribution in [0.4, 0.5) is 5.69 Å². The van der Waals surface area contributed by atoms with Crippen LogP contribution in [0.2, 0.25) is 0 Å². The van der Waals surface area contributed by atoms with Gasteiger partial charge in [-0.15, -0.1) is 0 Å². The fourth-order valence-electron chi connectivity index (χ4n) is 3.24. The first-order valence-corrected chi connectivity index (χ1v) is 9.79. The molecule has 2 aromatic carbocycles. The molecule has 0 spiro atoms. The minimum atomic E-state index is -0.346. The molecule has 0 bridgehead atoms. The van der Waals surface area contributed by atoms with E-state index in [1.807, 2.05) is 25.1 Å². The average molecular weight is 406 g/mol. The third-order valence-electron chi connectivity index (χ3n) is 4.83. The molecule has 154 valence electrons. The van der Waals surface area contributed by atoms with E-state index in [4.69, 9.17) is 13.9 Å². The molecule has 7 nitrogen and oxygen atoms in total. The lowest BCUT2D eigenvalue weighted by Gasteiger charge is -2.22. The Hall–Kier alpha value is -3.74. The van der Waals surface area contributed by atoms with Crippen molar-refractivity contribution in [2.24, 2.45) is 0 Å². The van der Waals surface area contributed by atoms with E-state index in [-0.39, 0.29) is 23.6 Å². The van der Waals surface area contributed by atoms with Gasteiger partial charge in [0.05, 0.1) is 12.3 Å². The molecule has 2 N–H and O–H groups in total. The van der Waals surface area contributed by atoms with E-state index in [1.165, 1.54) is 6.26 Å². The molecule has 30 heavy (non-hydrogen) atoms. The first kappa shape index (κ1) is 19.6. The third kappa shape index (κ3) is 4.30. The van der Waals surface area contributed by atoms with Crippen LogP contribution < -0.4 is 20.1 Å². The lowest BCUT2D eigenvalue weighted by molar-refractivity contribution is 0.0934. The van der Waals surface area contributed by atoms with Gasteiger partial charge < -0.3 is 24.5 Å². The topological polar surface area (TPSA) is 89.8 Å². The summed E-state index contributed by atoms with van der Waals surface area (Å²) in [4.78, 5) is 24.8. The highest BCUT2D eigenvalue weighted by atomic mass is 16.6. The van der Waals surface area contributed by atoms with Crippen LogP contribution >= 0.6 is 0 Å². The molecular formula is C23H22N2O5. The van der Waals surface area contributed by atoms with Gasteiger partial charge in [-0.05, 0) is 60.5 Å². The second kappa shape index (κ2) is 8.73. The van der Waals surface area contributed by atoms with Crippen LogP contribution in [0.25, 0.3) is 0 Å². The summed E-state index contributed by atoms with van der Waals surface area (Å²) in [5.41, 5.74) is 2.03. The highest BCUT2D eigenvalue weighted by molar-refractivity contribution is 6.02. The maximum atomic E-state index is 12.7. The Bertz CT molecular complexity index is 1030. The van der Waals surface area contributed by atoms with Crippen LogP contribution in [-0.2, 0) is 0 Å². The number of anilines is 1. The summed E-state index contributed by atoms with van der Waals surface area (Å²) in [6.07, 6.45) is 2.16. The van der Waals surface area contributed by atoms with Crippen molar-refractivity contribution < 1.29 is 23.5 Å². The molecule has 0 saturated heterocycles. The second-order valence-electron chi connectivity index (χ2n) is 6.85. The summed E-state index contributed by atoms with van der Waals surface area (Å²) in [6, 6.07) is 15.5. The number of amides is 2. The largest absolute Gasteiger partial charge is 0.486 e. The van der Waals surface area contributed by atoms with Crippen LogP contribution in [0.15, 0.2) is 65.3 Å². The first-order chi connectivity index (χ1) is 14.6. The first-order valence-electron chi connectivity index (χ1n) is 9.79. The molecule has 1 aliphatic heterocycles. The van der Waals surface area contributed by atoms with Crippen molar-refractivity contribution in [2.75, 3.05) is 18.5 Å². The molecule has 0 saturated carbocycles. The second-order valence-corrected chi connectivity index (χ2v) is 6.85. The smallest absolute Gasteiger partial charge is 0.291 e. The van der Waals surface area contributed by atoms with Crippen LogP contribution in [0.3, 0.4) is 0 Å². The van der Waals surface area contributed by atoms with Crippen LogP contribution in [0, 0.1) is 0 Å². The average Bonchev–Trinajstić information content (AvgIpc) is 3.33. The summed E-state index contributed by atoms with van der Waals surface area (Å²) in [6.45, 7) is 3.07. The van der Waals surface area contributed by atoms with Gasteiger partial charge in [-0.1, -0.05) is 13.0 Å². The number of hydrogen-bond acceptors (Lipinski definition) is 5. The van der Waals surface area contributed by atoms with Gasteiger partial charge >= 0.3 is 0 Å². The summed E-state index contributed by atoms with van der Waals surface area (Å²) < 4.78 is 16.3. The summed E-state index contributed by atoms with van der Waals surface area (Å²) >= 11 is 0. The quantitative estimate of drug-likeness (QED) is 0.641. The van der Waals surface area contributed by atoms with Crippen molar-refractivity contribution in [3.63, 3.8) is 0 Å². The highest BCUT2D eigenvalue weighted by Gasteiger charge is 2.18. The molecule has 0 fully saturated rings. The van der Waals surface area contributed by atoms with Crippen molar-refractivity contribution in [3.05, 3.63) is 77.7 Å². The molecule has 1 unspecified atom stereocenters. The minimum Gasteiger partial charge on any atom is -0.486 e. The monoisotopic (exact) mass is 406 g/mol. The summed E-state index contributed by atoms with van der Waals surface area (Å²) in [7, 11) is 0. The van der Waals surface area contributed by atoms with E-state index >= 15 is 0 Å². The van der Waals surface area contributed by atoms with Gasteiger partial charge in [-0.2, -0.15) is 0 Å². The number of ether oxygens (including phenoxy) is 2. The molecule has 0 aliphatic carbocycles. The van der Waals surface area contributed by atoms with E-state index in [9.17, 15) is 9.59 Å². The highest BCUT2D eigenvalue weighted by Crippen LogP contribution is 2.33. The van der Waals surface area contributed by atoms with Crippen LogP contribution in [-0.4, -0.2) is 25.0 Å². The lowest BCUT2D eigenvalue weighted by Crippen LogP contribution is -2.28. The number of carbonyl (C=O) groups excluding carboxylic acids is 2. The molecule has 1 aromatic heterocycles. The van der Waals surface area contributed by atoms with Gasteiger partial charge in [0.25, 0.3) is 11.8 Å². The Morgan fingerprint density at radius 3 is 2.43 bits per heavy atom. The molecule has 3 aromatic rings. The maximum Gasteiger partial charge on any atom is 0.291 e.